The Morgan fingerprint density at radius 3 is 2.55 bits per heavy atom. The highest BCUT2D eigenvalue weighted by atomic mass is 79.9. The molecule has 1 aromatic carbocycles. The summed E-state index contributed by atoms with van der Waals surface area (Å²) in [6.07, 6.45) is 1.80. The quantitative estimate of drug-likeness (QED) is 0.872. The van der Waals surface area contributed by atoms with Gasteiger partial charge in [-0.15, -0.1) is 0 Å². The summed E-state index contributed by atoms with van der Waals surface area (Å²) in [6.45, 7) is 3.96. The smallest absolute Gasteiger partial charge is 0.251 e. The summed E-state index contributed by atoms with van der Waals surface area (Å²) in [4.78, 5) is 12.2. The number of aromatic nitrogens is 2. The van der Waals surface area contributed by atoms with Crippen molar-refractivity contribution < 1.29 is 4.79 Å². The number of benzene rings is 1. The third-order valence-electron chi connectivity index (χ3n) is 3.46. The normalized spacial score (nSPS) is 12.2. The predicted molar refractivity (Wildman–Crippen MR) is 82.9 cm³/mol. The zero-order valence-electron chi connectivity index (χ0n) is 11.9. The van der Waals surface area contributed by atoms with E-state index in [1.165, 1.54) is 0 Å². The van der Waals surface area contributed by atoms with E-state index in [0.717, 1.165) is 22.2 Å². The average Bonchev–Trinajstić information content (AvgIpc) is 2.79. The predicted octanol–water partition coefficient (Wildman–Crippen LogP) is 3.11. The highest BCUT2D eigenvalue weighted by Crippen LogP contribution is 2.17. The molecule has 1 amide bonds. The molecular formula is C15H18BrN3O. The van der Waals surface area contributed by atoms with Gasteiger partial charge < -0.3 is 5.32 Å². The Balaban J connectivity index is 2.08. The molecule has 1 N–H and O–H groups in total. The Morgan fingerprint density at radius 1 is 1.40 bits per heavy atom. The van der Waals surface area contributed by atoms with Gasteiger partial charge in [-0.3, -0.25) is 9.48 Å². The van der Waals surface area contributed by atoms with Crippen LogP contribution in [0, 0.1) is 6.92 Å². The number of carbonyl (C=O) groups is 1. The van der Waals surface area contributed by atoms with Crippen LogP contribution in [0.5, 0.6) is 0 Å². The molecule has 1 unspecified atom stereocenters. The Kier molecular flexibility index (Phi) is 4.60. The van der Waals surface area contributed by atoms with Crippen LogP contribution in [0.15, 0.2) is 30.5 Å². The minimum atomic E-state index is -0.0677. The fourth-order valence-corrected chi connectivity index (χ4v) is 2.42. The maximum atomic E-state index is 12.2. The van der Waals surface area contributed by atoms with E-state index in [-0.39, 0.29) is 11.9 Å². The van der Waals surface area contributed by atoms with Gasteiger partial charge in [-0.2, -0.15) is 5.10 Å². The maximum Gasteiger partial charge on any atom is 0.251 e. The molecule has 0 fully saturated rings. The highest BCUT2D eigenvalue weighted by molar-refractivity contribution is 9.08. The van der Waals surface area contributed by atoms with E-state index in [0.29, 0.717) is 5.56 Å². The summed E-state index contributed by atoms with van der Waals surface area (Å²) < 4.78 is 1.81. The van der Waals surface area contributed by atoms with Gasteiger partial charge in [-0.25, -0.2) is 0 Å². The van der Waals surface area contributed by atoms with Gasteiger partial charge in [-0.05, 0) is 31.5 Å². The highest BCUT2D eigenvalue weighted by Gasteiger charge is 2.15. The topological polar surface area (TPSA) is 46.9 Å². The van der Waals surface area contributed by atoms with Crippen molar-refractivity contribution in [3.05, 3.63) is 52.8 Å². The first kappa shape index (κ1) is 14.8. The minimum Gasteiger partial charge on any atom is -0.345 e. The van der Waals surface area contributed by atoms with Gasteiger partial charge in [0.25, 0.3) is 5.91 Å². The van der Waals surface area contributed by atoms with Gasteiger partial charge in [0, 0.05) is 29.2 Å². The summed E-state index contributed by atoms with van der Waals surface area (Å²) in [5.41, 5.74) is 3.92. The van der Waals surface area contributed by atoms with Crippen LogP contribution < -0.4 is 5.32 Å². The van der Waals surface area contributed by atoms with Gasteiger partial charge in [-0.1, -0.05) is 28.1 Å². The van der Waals surface area contributed by atoms with E-state index in [1.807, 2.05) is 49.8 Å². The first-order valence-electron chi connectivity index (χ1n) is 6.47. The Morgan fingerprint density at radius 2 is 2.05 bits per heavy atom. The minimum absolute atomic E-state index is 0.0629. The zero-order chi connectivity index (χ0) is 14.7. The second-order valence-corrected chi connectivity index (χ2v) is 5.40. The molecule has 106 valence electrons. The average molecular weight is 336 g/mol. The number of carbonyl (C=O) groups excluding carboxylic acids is 1. The molecule has 20 heavy (non-hydrogen) atoms. The summed E-state index contributed by atoms with van der Waals surface area (Å²) >= 11 is 3.39. The lowest BCUT2D eigenvalue weighted by Gasteiger charge is -2.14. The van der Waals surface area contributed by atoms with Gasteiger partial charge in [0.15, 0.2) is 0 Å². The molecule has 0 saturated carbocycles. The molecule has 0 radical (unpaired) electrons. The lowest BCUT2D eigenvalue weighted by molar-refractivity contribution is 0.0940. The van der Waals surface area contributed by atoms with Crippen LogP contribution in [0.2, 0.25) is 0 Å². The van der Waals surface area contributed by atoms with Gasteiger partial charge in [0.2, 0.25) is 0 Å². The number of nitrogens with zero attached hydrogens (tertiary/aromatic N) is 2. The standard InChI is InChI=1S/C15H18BrN3O/c1-10(14-9-17-19(3)11(14)2)18-15(20)13-6-4-12(8-16)5-7-13/h4-7,9-10H,8H2,1-3H3,(H,18,20). The molecule has 2 aromatic rings. The van der Waals surface area contributed by atoms with E-state index < -0.39 is 0 Å². The Hall–Kier alpha value is -1.62. The molecule has 0 aliphatic rings. The second kappa shape index (κ2) is 6.22. The van der Waals surface area contributed by atoms with Crippen LogP contribution in [0.3, 0.4) is 0 Å². The van der Waals surface area contributed by atoms with Crippen molar-refractivity contribution in [2.45, 2.75) is 25.2 Å². The van der Waals surface area contributed by atoms with Crippen molar-refractivity contribution in [1.82, 2.24) is 15.1 Å². The summed E-state index contributed by atoms with van der Waals surface area (Å²) in [5.74, 6) is -0.0677. The monoisotopic (exact) mass is 335 g/mol. The van der Waals surface area contributed by atoms with Crippen LogP contribution in [-0.2, 0) is 12.4 Å². The molecule has 0 bridgehead atoms. The van der Waals surface area contributed by atoms with Crippen LogP contribution >= 0.6 is 15.9 Å². The first-order valence-corrected chi connectivity index (χ1v) is 7.59. The molecule has 2 rings (SSSR count). The molecule has 0 aliphatic carbocycles. The van der Waals surface area contributed by atoms with E-state index >= 15 is 0 Å². The third-order valence-corrected chi connectivity index (χ3v) is 4.11. The molecule has 1 atom stereocenters. The summed E-state index contributed by atoms with van der Waals surface area (Å²) in [7, 11) is 1.90. The Bertz CT molecular complexity index is 604. The second-order valence-electron chi connectivity index (χ2n) is 4.83. The number of hydrogen-bond donors (Lipinski definition) is 1. The SMILES string of the molecule is Cc1c(C(C)NC(=O)c2ccc(CBr)cc2)cnn1C. The van der Waals surface area contributed by atoms with Crippen LogP contribution in [0.4, 0.5) is 0 Å². The fraction of sp³-hybridized carbons (Fsp3) is 0.333. The van der Waals surface area contributed by atoms with E-state index in [9.17, 15) is 4.79 Å². The van der Waals surface area contributed by atoms with Crippen molar-refractivity contribution >= 4 is 21.8 Å². The molecule has 0 aliphatic heterocycles. The molecule has 0 saturated heterocycles. The zero-order valence-corrected chi connectivity index (χ0v) is 13.4. The fourth-order valence-electron chi connectivity index (χ4n) is 2.04. The Labute approximate surface area is 127 Å². The number of halogens is 1. The lowest BCUT2D eigenvalue weighted by Crippen LogP contribution is -2.26. The molecule has 1 heterocycles. The van der Waals surface area contributed by atoms with Crippen molar-refractivity contribution in [3.63, 3.8) is 0 Å². The van der Waals surface area contributed by atoms with Crippen molar-refractivity contribution in [2.24, 2.45) is 7.05 Å². The molecule has 0 spiro atoms. The van der Waals surface area contributed by atoms with Crippen molar-refractivity contribution in [2.75, 3.05) is 0 Å². The number of amides is 1. The van der Waals surface area contributed by atoms with Crippen LogP contribution in [0.25, 0.3) is 0 Å². The summed E-state index contributed by atoms with van der Waals surface area (Å²) in [5, 5.41) is 7.99. The van der Waals surface area contributed by atoms with Gasteiger partial charge in [0.1, 0.15) is 0 Å². The number of hydrogen-bond acceptors (Lipinski definition) is 2. The van der Waals surface area contributed by atoms with Crippen LogP contribution in [0.1, 0.15) is 40.1 Å². The molecular weight excluding hydrogens is 318 g/mol. The number of alkyl halides is 1. The van der Waals surface area contributed by atoms with E-state index in [4.69, 9.17) is 0 Å². The van der Waals surface area contributed by atoms with Crippen LogP contribution in [-0.4, -0.2) is 15.7 Å². The first-order chi connectivity index (χ1) is 9.52. The lowest BCUT2D eigenvalue weighted by atomic mass is 10.1. The van der Waals surface area contributed by atoms with Gasteiger partial charge in [0.05, 0.1) is 12.2 Å². The van der Waals surface area contributed by atoms with E-state index in [2.05, 4.69) is 26.3 Å². The largest absolute Gasteiger partial charge is 0.345 e. The maximum absolute atomic E-state index is 12.2. The number of rotatable bonds is 4. The number of nitrogens with one attached hydrogen (secondary N) is 1. The van der Waals surface area contributed by atoms with Crippen molar-refractivity contribution in [3.8, 4) is 0 Å². The summed E-state index contributed by atoms with van der Waals surface area (Å²) in [6, 6.07) is 7.52. The van der Waals surface area contributed by atoms with Gasteiger partial charge >= 0.3 is 0 Å². The third kappa shape index (κ3) is 3.10. The van der Waals surface area contributed by atoms with E-state index in [1.54, 1.807) is 6.20 Å². The van der Waals surface area contributed by atoms with Crippen molar-refractivity contribution in [1.29, 1.82) is 0 Å². The molecule has 4 nitrogen and oxygen atoms in total. The number of aryl methyl sites for hydroxylation is 1. The molecule has 1 aromatic heterocycles. The molecule has 5 heteroatoms.